The lowest BCUT2D eigenvalue weighted by Crippen LogP contribution is -2.40. The molecule has 1 aromatic heterocycles. The number of aromatic nitrogens is 2. The highest BCUT2D eigenvalue weighted by molar-refractivity contribution is 5.81. The molecule has 2 aromatic carbocycles. The fourth-order valence-electron chi connectivity index (χ4n) is 2.86. The van der Waals surface area contributed by atoms with Gasteiger partial charge in [-0.25, -0.2) is 0 Å². The van der Waals surface area contributed by atoms with Crippen LogP contribution in [-0.2, 0) is 11.3 Å². The highest BCUT2D eigenvalue weighted by Crippen LogP contribution is 2.20. The Hall–Kier alpha value is -3.61. The molecule has 1 amide bonds. The second kappa shape index (κ2) is 9.73. The van der Waals surface area contributed by atoms with Crippen molar-refractivity contribution in [3.8, 4) is 22.9 Å². The van der Waals surface area contributed by atoms with Gasteiger partial charge in [0.05, 0.1) is 7.11 Å². The molecule has 30 heavy (non-hydrogen) atoms. The predicted octanol–water partition coefficient (Wildman–Crippen LogP) is 4.04. The van der Waals surface area contributed by atoms with Crippen LogP contribution in [0.4, 0.5) is 0 Å². The number of hydrogen-bond donors (Lipinski definition) is 0. The lowest BCUT2D eigenvalue weighted by Gasteiger charge is -2.23. The number of carbonyl (C=O) groups is 1. The van der Waals surface area contributed by atoms with Crippen molar-refractivity contribution in [2.24, 2.45) is 0 Å². The smallest absolute Gasteiger partial charge is 0.264 e. The Bertz CT molecular complexity index is 980. The molecular weight excluding hydrogens is 382 g/mol. The van der Waals surface area contributed by atoms with Gasteiger partial charge in [0.15, 0.2) is 6.10 Å². The monoisotopic (exact) mass is 407 g/mol. The van der Waals surface area contributed by atoms with Crippen LogP contribution >= 0.6 is 0 Å². The SMILES string of the molecule is C=CCN(Cc1nc(-c2ccc(C)cc2)no1)C(=O)[C@@H](C)Oc1ccc(OC)cc1. The third-order valence-electron chi connectivity index (χ3n) is 4.49. The maximum atomic E-state index is 12.9. The molecular formula is C23H25N3O4. The van der Waals surface area contributed by atoms with Gasteiger partial charge in [-0.2, -0.15) is 4.98 Å². The predicted molar refractivity (Wildman–Crippen MR) is 113 cm³/mol. The summed E-state index contributed by atoms with van der Waals surface area (Å²) in [5.74, 6) is 1.92. The van der Waals surface area contributed by atoms with Crippen molar-refractivity contribution in [1.82, 2.24) is 15.0 Å². The summed E-state index contributed by atoms with van der Waals surface area (Å²) in [6.45, 7) is 7.95. The Balaban J connectivity index is 1.67. The van der Waals surface area contributed by atoms with E-state index in [1.165, 1.54) is 0 Å². The molecule has 0 unspecified atom stereocenters. The van der Waals surface area contributed by atoms with Gasteiger partial charge < -0.3 is 18.9 Å². The van der Waals surface area contributed by atoms with Crippen LogP contribution in [0.1, 0.15) is 18.4 Å². The highest BCUT2D eigenvalue weighted by Gasteiger charge is 2.23. The molecule has 0 bridgehead atoms. The van der Waals surface area contributed by atoms with Gasteiger partial charge in [-0.1, -0.05) is 41.1 Å². The van der Waals surface area contributed by atoms with Crippen LogP contribution in [0, 0.1) is 6.92 Å². The van der Waals surface area contributed by atoms with Crippen LogP contribution in [-0.4, -0.2) is 40.7 Å². The maximum Gasteiger partial charge on any atom is 0.264 e. The molecule has 0 N–H and O–H groups in total. The van der Waals surface area contributed by atoms with E-state index in [1.54, 1.807) is 49.3 Å². The Morgan fingerprint density at radius 1 is 1.17 bits per heavy atom. The van der Waals surface area contributed by atoms with Crippen molar-refractivity contribution in [2.45, 2.75) is 26.5 Å². The zero-order chi connectivity index (χ0) is 21.5. The number of rotatable bonds is 9. The molecule has 3 aromatic rings. The van der Waals surface area contributed by atoms with Gasteiger partial charge in [0, 0.05) is 12.1 Å². The lowest BCUT2D eigenvalue weighted by molar-refractivity contribution is -0.138. The third kappa shape index (κ3) is 5.26. The molecule has 1 heterocycles. The minimum Gasteiger partial charge on any atom is -0.497 e. The van der Waals surface area contributed by atoms with Crippen molar-refractivity contribution < 1.29 is 18.8 Å². The normalized spacial score (nSPS) is 11.6. The fourth-order valence-corrected chi connectivity index (χ4v) is 2.86. The summed E-state index contributed by atoms with van der Waals surface area (Å²) in [6, 6.07) is 14.9. The molecule has 1 atom stereocenters. The molecule has 0 fully saturated rings. The van der Waals surface area contributed by atoms with Gasteiger partial charge in [-0.3, -0.25) is 4.79 Å². The Morgan fingerprint density at radius 3 is 2.47 bits per heavy atom. The average molecular weight is 407 g/mol. The number of hydrogen-bond acceptors (Lipinski definition) is 6. The van der Waals surface area contributed by atoms with Gasteiger partial charge in [-0.05, 0) is 38.1 Å². The van der Waals surface area contributed by atoms with E-state index in [4.69, 9.17) is 14.0 Å². The summed E-state index contributed by atoms with van der Waals surface area (Å²) in [7, 11) is 1.59. The van der Waals surface area contributed by atoms with Gasteiger partial charge in [-0.15, -0.1) is 6.58 Å². The average Bonchev–Trinajstić information content (AvgIpc) is 3.22. The Morgan fingerprint density at radius 2 is 1.83 bits per heavy atom. The first kappa shape index (κ1) is 21.1. The summed E-state index contributed by atoms with van der Waals surface area (Å²) in [5, 5.41) is 4.02. The third-order valence-corrected chi connectivity index (χ3v) is 4.49. The van der Waals surface area contributed by atoms with Crippen LogP contribution in [0.15, 0.2) is 65.7 Å². The van der Waals surface area contributed by atoms with Crippen LogP contribution in [0.3, 0.4) is 0 Å². The van der Waals surface area contributed by atoms with E-state index < -0.39 is 6.10 Å². The molecule has 0 saturated carbocycles. The van der Waals surface area contributed by atoms with E-state index >= 15 is 0 Å². The van der Waals surface area contributed by atoms with Crippen molar-refractivity contribution in [1.29, 1.82) is 0 Å². The van der Waals surface area contributed by atoms with E-state index in [0.29, 0.717) is 24.0 Å². The molecule has 0 spiro atoms. The molecule has 0 aliphatic rings. The topological polar surface area (TPSA) is 77.7 Å². The van der Waals surface area contributed by atoms with E-state index in [1.807, 2.05) is 31.2 Å². The molecule has 7 heteroatoms. The van der Waals surface area contributed by atoms with Crippen LogP contribution in [0.25, 0.3) is 11.4 Å². The molecule has 0 radical (unpaired) electrons. The molecule has 156 valence electrons. The van der Waals surface area contributed by atoms with Crippen molar-refractivity contribution in [3.05, 3.63) is 72.6 Å². The van der Waals surface area contributed by atoms with E-state index in [9.17, 15) is 4.79 Å². The highest BCUT2D eigenvalue weighted by atomic mass is 16.5. The number of ether oxygens (including phenoxy) is 2. The second-order valence-electron chi connectivity index (χ2n) is 6.82. The summed E-state index contributed by atoms with van der Waals surface area (Å²) in [6.07, 6.45) is 0.952. The second-order valence-corrected chi connectivity index (χ2v) is 6.82. The number of methoxy groups -OCH3 is 1. The van der Waals surface area contributed by atoms with Crippen molar-refractivity contribution in [3.63, 3.8) is 0 Å². The number of aryl methyl sites for hydroxylation is 1. The van der Waals surface area contributed by atoms with Crippen molar-refractivity contribution >= 4 is 5.91 Å². The first-order chi connectivity index (χ1) is 14.5. The minimum atomic E-state index is -0.696. The largest absolute Gasteiger partial charge is 0.497 e. The van der Waals surface area contributed by atoms with E-state index in [2.05, 4.69) is 16.7 Å². The number of carbonyl (C=O) groups excluding carboxylic acids is 1. The summed E-state index contributed by atoms with van der Waals surface area (Å²) in [4.78, 5) is 18.9. The zero-order valence-electron chi connectivity index (χ0n) is 17.4. The van der Waals surface area contributed by atoms with Crippen LogP contribution in [0.2, 0.25) is 0 Å². The van der Waals surface area contributed by atoms with Crippen LogP contribution < -0.4 is 9.47 Å². The van der Waals surface area contributed by atoms with E-state index in [0.717, 1.165) is 16.9 Å². The summed E-state index contributed by atoms with van der Waals surface area (Å²) >= 11 is 0. The maximum absolute atomic E-state index is 12.9. The molecule has 0 saturated heterocycles. The molecule has 0 aliphatic carbocycles. The fraction of sp³-hybridized carbons (Fsp3) is 0.261. The first-order valence-electron chi connectivity index (χ1n) is 9.60. The van der Waals surface area contributed by atoms with Gasteiger partial charge in [0.2, 0.25) is 11.7 Å². The minimum absolute atomic E-state index is 0.167. The van der Waals surface area contributed by atoms with E-state index in [-0.39, 0.29) is 12.5 Å². The van der Waals surface area contributed by atoms with Gasteiger partial charge in [0.25, 0.3) is 5.91 Å². The molecule has 7 nitrogen and oxygen atoms in total. The van der Waals surface area contributed by atoms with Crippen LogP contribution in [0.5, 0.6) is 11.5 Å². The number of nitrogens with zero attached hydrogens (tertiary/aromatic N) is 3. The van der Waals surface area contributed by atoms with Crippen molar-refractivity contribution in [2.75, 3.05) is 13.7 Å². The van der Waals surface area contributed by atoms with Gasteiger partial charge >= 0.3 is 0 Å². The summed E-state index contributed by atoms with van der Waals surface area (Å²) < 4.78 is 16.3. The Kier molecular flexibility index (Phi) is 6.85. The standard InChI is InChI=1S/C23H25N3O4/c1-5-14-26(23(27)17(3)29-20-12-10-19(28-4)11-13-20)15-21-24-22(25-30-21)18-8-6-16(2)7-9-18/h5-13,17H,1,14-15H2,2-4H3/t17-/m1/s1. The lowest BCUT2D eigenvalue weighted by atomic mass is 10.1. The quantitative estimate of drug-likeness (QED) is 0.498. The Labute approximate surface area is 175 Å². The zero-order valence-corrected chi connectivity index (χ0v) is 17.4. The molecule has 0 aliphatic heterocycles. The molecule has 3 rings (SSSR count). The van der Waals surface area contributed by atoms with Gasteiger partial charge in [0.1, 0.15) is 18.0 Å². The first-order valence-corrected chi connectivity index (χ1v) is 9.60. The number of amides is 1. The summed E-state index contributed by atoms with van der Waals surface area (Å²) in [5.41, 5.74) is 2.00. The number of benzene rings is 2.